The molecule has 1 aromatic heterocycles. The van der Waals surface area contributed by atoms with E-state index in [1.807, 2.05) is 12.1 Å². The van der Waals surface area contributed by atoms with Gasteiger partial charge in [0.2, 0.25) is 0 Å². The van der Waals surface area contributed by atoms with E-state index in [1.54, 1.807) is 29.7 Å². The van der Waals surface area contributed by atoms with Crippen molar-refractivity contribution in [2.75, 3.05) is 0 Å². The van der Waals surface area contributed by atoms with Crippen LogP contribution in [0.3, 0.4) is 0 Å². The number of hydrogen-bond donors (Lipinski definition) is 2. The van der Waals surface area contributed by atoms with Crippen LogP contribution in [0.5, 0.6) is 5.75 Å². The van der Waals surface area contributed by atoms with Gasteiger partial charge in [0, 0.05) is 11.1 Å². The summed E-state index contributed by atoms with van der Waals surface area (Å²) in [6, 6.07) is 9.06. The summed E-state index contributed by atoms with van der Waals surface area (Å²) >= 11 is 0. The number of carbonyl (C=O) groups excluding carboxylic acids is 1. The minimum atomic E-state index is -1.80. The van der Waals surface area contributed by atoms with Gasteiger partial charge in [-0.05, 0) is 59.0 Å². The lowest BCUT2D eigenvalue weighted by atomic mass is 9.85. The number of nitrogens with zero attached hydrogens (tertiary/aromatic N) is 1. The minimum absolute atomic E-state index is 0.123. The predicted octanol–water partition coefficient (Wildman–Crippen LogP) is 2.95. The molecule has 0 saturated carbocycles. The van der Waals surface area contributed by atoms with E-state index in [0.29, 0.717) is 23.4 Å². The van der Waals surface area contributed by atoms with E-state index in [2.05, 4.69) is 6.92 Å². The predicted molar refractivity (Wildman–Crippen MR) is 108 cm³/mol. The van der Waals surface area contributed by atoms with E-state index in [4.69, 9.17) is 4.74 Å². The zero-order chi connectivity index (χ0) is 20.5. The molecule has 6 heteroatoms. The van der Waals surface area contributed by atoms with Crippen LogP contribution in [0, 0.1) is 0 Å². The number of hydrogen-bond acceptors (Lipinski definition) is 5. The van der Waals surface area contributed by atoms with Gasteiger partial charge in [-0.2, -0.15) is 0 Å². The molecule has 1 atom stereocenters. The van der Waals surface area contributed by atoms with Crippen molar-refractivity contribution in [3.63, 3.8) is 0 Å². The zero-order valence-corrected chi connectivity index (χ0v) is 16.3. The Morgan fingerprint density at radius 2 is 1.93 bits per heavy atom. The quantitative estimate of drug-likeness (QED) is 0.513. The number of pyridine rings is 1. The number of fused-ring (bicyclic) bond motifs is 5. The maximum atomic E-state index is 13.3. The lowest BCUT2D eigenvalue weighted by Gasteiger charge is -2.31. The number of benzene rings is 2. The van der Waals surface area contributed by atoms with E-state index in [9.17, 15) is 19.8 Å². The van der Waals surface area contributed by atoms with Crippen LogP contribution < -0.4 is 5.56 Å². The smallest absolute Gasteiger partial charge is 0.343 e. The van der Waals surface area contributed by atoms with E-state index in [1.165, 1.54) is 0 Å². The summed E-state index contributed by atoms with van der Waals surface area (Å²) in [7, 11) is 0. The molecule has 29 heavy (non-hydrogen) atoms. The van der Waals surface area contributed by atoms with Crippen molar-refractivity contribution in [1.82, 2.24) is 4.57 Å². The second-order valence-electron chi connectivity index (χ2n) is 7.74. The number of aromatic nitrogens is 1. The molecule has 0 fully saturated rings. The molecule has 0 radical (unpaired) electrons. The van der Waals surface area contributed by atoms with Crippen LogP contribution in [0.15, 0.2) is 35.1 Å². The van der Waals surface area contributed by atoms with Crippen LogP contribution in [0.4, 0.5) is 0 Å². The molecule has 2 aromatic carbocycles. The number of ether oxygens (including phenoxy) is 1. The second kappa shape index (κ2) is 5.94. The third-order valence-electron chi connectivity index (χ3n) is 6.34. The summed E-state index contributed by atoms with van der Waals surface area (Å²) in [5.74, 6) is -0.503. The van der Waals surface area contributed by atoms with E-state index in [-0.39, 0.29) is 24.3 Å². The normalized spacial score (nSPS) is 19.6. The molecule has 2 N–H and O–H groups in total. The number of cyclic esters (lactones) is 1. The van der Waals surface area contributed by atoms with Gasteiger partial charge in [0.05, 0.1) is 17.8 Å². The number of carbonyl (C=O) groups is 1. The monoisotopic (exact) mass is 391 g/mol. The molecule has 3 aromatic rings. The number of aryl methyl sites for hydroxylation is 1. The summed E-state index contributed by atoms with van der Waals surface area (Å²) in [6.07, 6.45) is 0.887. The number of phenolic OH excluding ortho intramolecular Hbond substituents is 1. The molecule has 148 valence electrons. The summed E-state index contributed by atoms with van der Waals surface area (Å²) in [4.78, 5) is 25.5. The molecular weight excluding hydrogens is 370 g/mol. The molecular formula is C23H21NO5. The highest BCUT2D eigenvalue weighted by atomic mass is 16.6. The molecule has 1 unspecified atom stereocenters. The lowest BCUT2D eigenvalue weighted by molar-refractivity contribution is -0.172. The van der Waals surface area contributed by atoms with Gasteiger partial charge < -0.3 is 19.5 Å². The Balaban J connectivity index is 1.84. The van der Waals surface area contributed by atoms with Crippen LogP contribution >= 0.6 is 0 Å². The van der Waals surface area contributed by atoms with Crippen LogP contribution in [0.1, 0.15) is 42.5 Å². The SMILES string of the molecule is CCc1c2c(cc3ccc(O)cc13)-c1cc3c(c(=O)n1C2)COC(=O)C3(O)CC. The number of aromatic hydroxyl groups is 1. The first-order chi connectivity index (χ1) is 13.9. The zero-order valence-electron chi connectivity index (χ0n) is 16.3. The lowest BCUT2D eigenvalue weighted by Crippen LogP contribution is -2.44. The van der Waals surface area contributed by atoms with E-state index < -0.39 is 11.6 Å². The largest absolute Gasteiger partial charge is 0.508 e. The topological polar surface area (TPSA) is 88.8 Å². The first-order valence-electron chi connectivity index (χ1n) is 9.83. The molecule has 0 saturated heterocycles. The van der Waals surface area contributed by atoms with Gasteiger partial charge in [-0.25, -0.2) is 4.79 Å². The number of phenols is 1. The maximum Gasteiger partial charge on any atom is 0.343 e. The fourth-order valence-corrected chi connectivity index (χ4v) is 4.75. The van der Waals surface area contributed by atoms with Gasteiger partial charge in [0.15, 0.2) is 5.60 Å². The second-order valence-corrected chi connectivity index (χ2v) is 7.74. The Bertz CT molecular complexity index is 1270. The Morgan fingerprint density at radius 3 is 2.66 bits per heavy atom. The third-order valence-corrected chi connectivity index (χ3v) is 6.34. The first-order valence-corrected chi connectivity index (χ1v) is 9.83. The van der Waals surface area contributed by atoms with Crippen molar-refractivity contribution in [3.8, 4) is 17.0 Å². The van der Waals surface area contributed by atoms with Gasteiger partial charge in [0.1, 0.15) is 12.4 Å². The van der Waals surface area contributed by atoms with Gasteiger partial charge in [-0.1, -0.05) is 19.9 Å². The van der Waals surface area contributed by atoms with E-state index in [0.717, 1.165) is 33.9 Å². The molecule has 0 amide bonds. The van der Waals surface area contributed by atoms with Crippen LogP contribution in [0.25, 0.3) is 22.0 Å². The number of esters is 1. The molecule has 3 heterocycles. The summed E-state index contributed by atoms with van der Waals surface area (Å²) in [6.45, 7) is 4.05. The van der Waals surface area contributed by atoms with Crippen molar-refractivity contribution in [3.05, 3.63) is 62.9 Å². The van der Waals surface area contributed by atoms with Crippen LogP contribution in [-0.4, -0.2) is 20.7 Å². The highest BCUT2D eigenvalue weighted by molar-refractivity contribution is 5.94. The van der Waals surface area contributed by atoms with Gasteiger partial charge >= 0.3 is 5.97 Å². The van der Waals surface area contributed by atoms with Crippen molar-refractivity contribution in [2.24, 2.45) is 0 Å². The van der Waals surface area contributed by atoms with Gasteiger partial charge in [0.25, 0.3) is 5.56 Å². The summed E-state index contributed by atoms with van der Waals surface area (Å²) in [5.41, 5.74) is 2.41. The molecule has 0 bridgehead atoms. The highest BCUT2D eigenvalue weighted by Crippen LogP contribution is 2.42. The summed E-state index contributed by atoms with van der Waals surface area (Å²) in [5, 5.41) is 22.8. The fraction of sp³-hybridized carbons (Fsp3) is 0.304. The Morgan fingerprint density at radius 1 is 1.14 bits per heavy atom. The average Bonchev–Trinajstić information content (AvgIpc) is 3.08. The molecule has 2 aliphatic rings. The van der Waals surface area contributed by atoms with Gasteiger partial charge in [-0.3, -0.25) is 4.79 Å². The number of rotatable bonds is 2. The van der Waals surface area contributed by atoms with E-state index >= 15 is 0 Å². The molecule has 6 nitrogen and oxygen atoms in total. The van der Waals surface area contributed by atoms with Crippen molar-refractivity contribution >= 4 is 16.7 Å². The molecule has 0 aliphatic carbocycles. The van der Waals surface area contributed by atoms with Crippen molar-refractivity contribution in [1.29, 1.82) is 0 Å². The average molecular weight is 391 g/mol. The third kappa shape index (κ3) is 2.26. The van der Waals surface area contributed by atoms with Crippen molar-refractivity contribution in [2.45, 2.75) is 45.4 Å². The van der Waals surface area contributed by atoms with Gasteiger partial charge in [-0.15, -0.1) is 0 Å². The molecule has 5 rings (SSSR count). The fourth-order valence-electron chi connectivity index (χ4n) is 4.75. The Labute approximate surface area is 167 Å². The standard InChI is InChI=1S/C23H21NO5/c1-3-14-15-8-13(25)6-5-12(15)7-16-17(14)10-24-20(16)9-19-18(21(24)26)11-29-22(27)23(19,28)4-2/h5-9,25,28H,3-4,10-11H2,1-2H3. The Hall–Kier alpha value is -3.12. The highest BCUT2D eigenvalue weighted by Gasteiger charge is 2.45. The van der Waals surface area contributed by atoms with Crippen LogP contribution in [-0.2, 0) is 34.7 Å². The maximum absolute atomic E-state index is 13.3. The van der Waals surface area contributed by atoms with Crippen LogP contribution in [0.2, 0.25) is 0 Å². The Kier molecular flexibility index (Phi) is 3.67. The number of aliphatic hydroxyl groups is 1. The van der Waals surface area contributed by atoms with Crippen molar-refractivity contribution < 1.29 is 19.7 Å². The molecule has 2 aliphatic heterocycles. The minimum Gasteiger partial charge on any atom is -0.508 e. The molecule has 0 spiro atoms. The first kappa shape index (κ1) is 17.9. The summed E-state index contributed by atoms with van der Waals surface area (Å²) < 4.78 is 6.81.